The van der Waals surface area contributed by atoms with E-state index in [9.17, 15) is 4.79 Å². The highest BCUT2D eigenvalue weighted by Crippen LogP contribution is 2.30. The van der Waals surface area contributed by atoms with E-state index in [2.05, 4.69) is 49.1 Å². The molecule has 1 aliphatic rings. The average molecular weight is 517 g/mol. The van der Waals surface area contributed by atoms with Crippen molar-refractivity contribution in [1.82, 2.24) is 39.3 Å². The van der Waals surface area contributed by atoms with E-state index in [4.69, 9.17) is 16.0 Å². The molecule has 11 nitrogen and oxygen atoms in total. The SMILES string of the molecule is N#Cc1cc(C(=O)N2CCN(Cc3ccc(-n4c(-c5cccnc5N)nc5cccnc54)cc3)CC2)ncn1. The molecule has 0 bridgehead atoms. The predicted molar refractivity (Wildman–Crippen MR) is 144 cm³/mol. The lowest BCUT2D eigenvalue weighted by Gasteiger charge is -2.34. The Balaban J connectivity index is 1.17. The number of nitrogens with zero attached hydrogens (tertiary/aromatic N) is 9. The molecule has 0 aliphatic carbocycles. The second-order valence-electron chi connectivity index (χ2n) is 9.19. The van der Waals surface area contributed by atoms with Gasteiger partial charge in [-0.1, -0.05) is 12.1 Å². The molecule has 0 unspecified atom stereocenters. The summed E-state index contributed by atoms with van der Waals surface area (Å²) in [7, 11) is 0. The minimum atomic E-state index is -0.177. The number of benzene rings is 1. The zero-order chi connectivity index (χ0) is 26.8. The van der Waals surface area contributed by atoms with Crippen molar-refractivity contribution in [2.75, 3.05) is 31.9 Å². The van der Waals surface area contributed by atoms with Gasteiger partial charge in [-0.15, -0.1) is 0 Å². The molecule has 6 rings (SSSR count). The summed E-state index contributed by atoms with van der Waals surface area (Å²) < 4.78 is 2.00. The predicted octanol–water partition coefficient (Wildman–Crippen LogP) is 2.68. The molecule has 192 valence electrons. The van der Waals surface area contributed by atoms with E-state index in [1.54, 1.807) is 17.3 Å². The number of rotatable bonds is 5. The molecule has 0 spiro atoms. The van der Waals surface area contributed by atoms with Crippen LogP contribution < -0.4 is 5.73 Å². The lowest BCUT2D eigenvalue weighted by Crippen LogP contribution is -2.48. The summed E-state index contributed by atoms with van der Waals surface area (Å²) in [5.74, 6) is 0.922. The first-order valence-electron chi connectivity index (χ1n) is 12.5. The normalized spacial score (nSPS) is 13.9. The number of hydrogen-bond acceptors (Lipinski definition) is 9. The first-order valence-corrected chi connectivity index (χ1v) is 12.5. The number of fused-ring (bicyclic) bond motifs is 1. The van der Waals surface area contributed by atoms with Gasteiger partial charge >= 0.3 is 0 Å². The van der Waals surface area contributed by atoms with E-state index in [0.29, 0.717) is 24.7 Å². The molecule has 0 radical (unpaired) electrons. The Morgan fingerprint density at radius 2 is 1.72 bits per heavy atom. The lowest BCUT2D eigenvalue weighted by molar-refractivity contribution is 0.0622. The Hall–Kier alpha value is -5.21. The molecule has 1 saturated heterocycles. The number of nitriles is 1. The molecule has 1 amide bonds. The molecule has 0 saturated carbocycles. The summed E-state index contributed by atoms with van der Waals surface area (Å²) in [6.07, 6.45) is 4.67. The van der Waals surface area contributed by atoms with Crippen LogP contribution in [0.2, 0.25) is 0 Å². The Labute approximate surface area is 224 Å². The second kappa shape index (κ2) is 10.3. The third-order valence-corrected chi connectivity index (χ3v) is 6.76. The van der Waals surface area contributed by atoms with Crippen molar-refractivity contribution in [3.8, 4) is 23.1 Å². The van der Waals surface area contributed by atoms with Crippen molar-refractivity contribution >= 4 is 22.9 Å². The van der Waals surface area contributed by atoms with Crippen LogP contribution in [-0.4, -0.2) is 71.4 Å². The van der Waals surface area contributed by atoms with Crippen molar-refractivity contribution in [3.05, 3.63) is 90.3 Å². The zero-order valence-corrected chi connectivity index (χ0v) is 21.0. The average Bonchev–Trinajstić information content (AvgIpc) is 3.37. The summed E-state index contributed by atoms with van der Waals surface area (Å²) in [5, 5.41) is 9.04. The topological polar surface area (TPSA) is 143 Å². The van der Waals surface area contributed by atoms with Gasteiger partial charge in [0.2, 0.25) is 0 Å². The minimum Gasteiger partial charge on any atom is -0.383 e. The van der Waals surface area contributed by atoms with Crippen LogP contribution in [0.3, 0.4) is 0 Å². The third kappa shape index (κ3) is 4.76. The van der Waals surface area contributed by atoms with Crippen LogP contribution in [0.25, 0.3) is 28.2 Å². The molecular weight excluding hydrogens is 492 g/mol. The minimum absolute atomic E-state index is 0.177. The van der Waals surface area contributed by atoms with Gasteiger partial charge in [0.1, 0.15) is 35.1 Å². The maximum atomic E-state index is 12.8. The quantitative estimate of drug-likeness (QED) is 0.373. The van der Waals surface area contributed by atoms with E-state index in [1.165, 1.54) is 12.4 Å². The van der Waals surface area contributed by atoms with Crippen LogP contribution in [0.4, 0.5) is 5.82 Å². The number of piperazine rings is 1. The number of carbonyl (C=O) groups excluding carboxylic acids is 1. The fraction of sp³-hybridized carbons (Fsp3) is 0.179. The largest absolute Gasteiger partial charge is 0.383 e. The van der Waals surface area contributed by atoms with Gasteiger partial charge in [-0.3, -0.25) is 14.3 Å². The summed E-state index contributed by atoms with van der Waals surface area (Å²) in [6, 6.07) is 19.2. The Morgan fingerprint density at radius 3 is 2.49 bits per heavy atom. The van der Waals surface area contributed by atoms with E-state index in [1.807, 2.05) is 34.9 Å². The van der Waals surface area contributed by atoms with Crippen molar-refractivity contribution in [3.63, 3.8) is 0 Å². The van der Waals surface area contributed by atoms with Gasteiger partial charge in [-0.05, 0) is 42.0 Å². The maximum Gasteiger partial charge on any atom is 0.272 e. The van der Waals surface area contributed by atoms with Gasteiger partial charge in [0.15, 0.2) is 11.5 Å². The van der Waals surface area contributed by atoms with Crippen LogP contribution in [0.1, 0.15) is 21.7 Å². The standard InChI is InChI=1S/C28H24N10O/c29-16-20-15-24(34-18-33-20)28(39)37-13-11-36(12-14-37)17-19-5-7-21(8-6-19)38-26(22-3-1-9-31-25(22)30)35-23-4-2-10-32-27(23)38/h1-10,15,18H,11-14,17H2,(H2,30,31). The number of nitrogen functional groups attached to an aromatic ring is 1. The van der Waals surface area contributed by atoms with Gasteiger partial charge in [-0.2, -0.15) is 5.26 Å². The molecule has 1 aliphatic heterocycles. The number of amides is 1. The second-order valence-corrected chi connectivity index (χ2v) is 9.19. The monoisotopic (exact) mass is 516 g/mol. The highest BCUT2D eigenvalue weighted by molar-refractivity contribution is 5.92. The van der Waals surface area contributed by atoms with Crippen LogP contribution in [0.15, 0.2) is 73.3 Å². The number of carbonyl (C=O) groups is 1. The van der Waals surface area contributed by atoms with Crippen LogP contribution in [0.5, 0.6) is 0 Å². The molecule has 39 heavy (non-hydrogen) atoms. The molecule has 5 aromatic rings. The first-order chi connectivity index (χ1) is 19.1. The molecule has 2 N–H and O–H groups in total. The maximum absolute atomic E-state index is 12.8. The number of hydrogen-bond donors (Lipinski definition) is 1. The van der Waals surface area contributed by atoms with Crippen LogP contribution in [0, 0.1) is 11.3 Å². The van der Waals surface area contributed by atoms with Gasteiger partial charge in [0.05, 0.1) is 5.56 Å². The molecular formula is C28H24N10O. The van der Waals surface area contributed by atoms with Gasteiger partial charge < -0.3 is 10.6 Å². The summed E-state index contributed by atoms with van der Waals surface area (Å²) in [5.41, 5.74) is 11.0. The van der Waals surface area contributed by atoms with Gasteiger partial charge in [0, 0.05) is 56.9 Å². The van der Waals surface area contributed by atoms with E-state index < -0.39 is 0 Å². The molecule has 0 atom stereocenters. The van der Waals surface area contributed by atoms with E-state index in [0.717, 1.165) is 47.6 Å². The molecule has 4 aromatic heterocycles. The number of anilines is 1. The molecule has 1 aromatic carbocycles. The molecule has 11 heteroatoms. The molecule has 5 heterocycles. The van der Waals surface area contributed by atoms with Crippen LogP contribution in [-0.2, 0) is 6.54 Å². The number of nitrogens with two attached hydrogens (primary N) is 1. The number of pyridine rings is 2. The Kier molecular flexibility index (Phi) is 6.36. The van der Waals surface area contributed by atoms with Gasteiger partial charge in [0.25, 0.3) is 5.91 Å². The first kappa shape index (κ1) is 24.1. The van der Waals surface area contributed by atoms with Gasteiger partial charge in [-0.25, -0.2) is 24.9 Å². The number of aromatic nitrogens is 6. The third-order valence-electron chi connectivity index (χ3n) is 6.76. The van der Waals surface area contributed by atoms with Crippen molar-refractivity contribution in [1.29, 1.82) is 5.26 Å². The van der Waals surface area contributed by atoms with Crippen molar-refractivity contribution < 1.29 is 4.79 Å². The van der Waals surface area contributed by atoms with Crippen molar-refractivity contribution in [2.24, 2.45) is 0 Å². The van der Waals surface area contributed by atoms with Crippen LogP contribution >= 0.6 is 0 Å². The summed E-state index contributed by atoms with van der Waals surface area (Å²) >= 11 is 0. The molecule has 1 fully saturated rings. The summed E-state index contributed by atoms with van der Waals surface area (Å²) in [6.45, 7) is 3.42. The summed E-state index contributed by atoms with van der Waals surface area (Å²) in [4.78, 5) is 38.4. The smallest absolute Gasteiger partial charge is 0.272 e. The number of imidazole rings is 1. The Morgan fingerprint density at radius 1 is 0.949 bits per heavy atom. The Bertz CT molecular complexity index is 1700. The fourth-order valence-corrected chi connectivity index (χ4v) is 4.76. The fourth-order valence-electron chi connectivity index (χ4n) is 4.76. The van der Waals surface area contributed by atoms with E-state index in [-0.39, 0.29) is 17.3 Å². The van der Waals surface area contributed by atoms with E-state index >= 15 is 0 Å². The van der Waals surface area contributed by atoms with Crippen molar-refractivity contribution in [2.45, 2.75) is 6.54 Å². The highest BCUT2D eigenvalue weighted by Gasteiger charge is 2.24. The highest BCUT2D eigenvalue weighted by atomic mass is 16.2. The zero-order valence-electron chi connectivity index (χ0n) is 21.0. The lowest BCUT2D eigenvalue weighted by atomic mass is 10.1.